The summed E-state index contributed by atoms with van der Waals surface area (Å²) in [6.45, 7) is 6.57. The van der Waals surface area contributed by atoms with Crippen molar-refractivity contribution >= 4 is 0 Å². The molecule has 0 aromatic carbocycles. The zero-order valence-corrected chi connectivity index (χ0v) is 10.5. The van der Waals surface area contributed by atoms with Crippen molar-refractivity contribution in [3.05, 3.63) is 0 Å². The van der Waals surface area contributed by atoms with E-state index in [2.05, 4.69) is 10.2 Å². The Morgan fingerprint density at radius 2 is 1.75 bits per heavy atom. The number of nitrogens with one attached hydrogen (secondary N) is 1. The summed E-state index contributed by atoms with van der Waals surface area (Å²) in [5, 5.41) is 3.67. The predicted octanol–water partition coefficient (Wildman–Crippen LogP) is 2.11. The third-order valence-electron chi connectivity index (χ3n) is 4.80. The van der Waals surface area contributed by atoms with Gasteiger partial charge in [0.2, 0.25) is 0 Å². The van der Waals surface area contributed by atoms with E-state index in [1.165, 1.54) is 64.8 Å². The topological polar surface area (TPSA) is 15.3 Å². The molecule has 2 aliphatic carbocycles. The molecule has 0 radical (unpaired) electrons. The van der Waals surface area contributed by atoms with Gasteiger partial charge in [0.15, 0.2) is 0 Å². The summed E-state index contributed by atoms with van der Waals surface area (Å²) in [6, 6.07) is 0. The Morgan fingerprint density at radius 3 is 2.50 bits per heavy atom. The van der Waals surface area contributed by atoms with E-state index in [0.717, 1.165) is 17.8 Å². The van der Waals surface area contributed by atoms with E-state index >= 15 is 0 Å². The molecule has 2 saturated carbocycles. The second kappa shape index (κ2) is 5.05. The second-order valence-electron chi connectivity index (χ2n) is 6.20. The van der Waals surface area contributed by atoms with Gasteiger partial charge in [-0.25, -0.2) is 0 Å². The average molecular weight is 222 g/mol. The van der Waals surface area contributed by atoms with Gasteiger partial charge in [0, 0.05) is 0 Å². The maximum absolute atomic E-state index is 3.67. The fraction of sp³-hybridized carbons (Fsp3) is 1.00. The lowest BCUT2D eigenvalue weighted by atomic mass is 10.0. The zero-order chi connectivity index (χ0) is 10.8. The van der Waals surface area contributed by atoms with Crippen LogP contribution >= 0.6 is 0 Å². The molecule has 2 heteroatoms. The van der Waals surface area contributed by atoms with Gasteiger partial charge in [-0.15, -0.1) is 0 Å². The van der Waals surface area contributed by atoms with Crippen LogP contribution in [0.2, 0.25) is 0 Å². The van der Waals surface area contributed by atoms with Crippen LogP contribution in [0.1, 0.15) is 38.5 Å². The largest absolute Gasteiger partial charge is 0.316 e. The monoisotopic (exact) mass is 222 g/mol. The Bertz CT molecular complexity index is 213. The summed E-state index contributed by atoms with van der Waals surface area (Å²) in [5.41, 5.74) is 0. The number of hydrogen-bond acceptors (Lipinski definition) is 2. The fourth-order valence-corrected chi connectivity index (χ4v) is 3.75. The number of likely N-dealkylation sites (tertiary alicyclic amines) is 1. The van der Waals surface area contributed by atoms with Gasteiger partial charge in [-0.2, -0.15) is 0 Å². The first kappa shape index (κ1) is 11.0. The highest BCUT2D eigenvalue weighted by molar-refractivity contribution is 4.96. The SMILES string of the molecule is C1CCN(CCCNCC2CC3CC3C2)C1. The average Bonchev–Trinajstić information content (AvgIpc) is 2.74. The molecular formula is C14H26N2. The van der Waals surface area contributed by atoms with Gasteiger partial charge >= 0.3 is 0 Å². The lowest BCUT2D eigenvalue weighted by Gasteiger charge is -2.16. The first-order valence-electron chi connectivity index (χ1n) is 7.35. The summed E-state index contributed by atoms with van der Waals surface area (Å²) in [7, 11) is 0. The van der Waals surface area contributed by atoms with Gasteiger partial charge in [-0.1, -0.05) is 0 Å². The lowest BCUT2D eigenvalue weighted by Crippen LogP contribution is -2.27. The molecule has 1 aliphatic heterocycles. The van der Waals surface area contributed by atoms with Crippen molar-refractivity contribution in [2.75, 3.05) is 32.7 Å². The predicted molar refractivity (Wildman–Crippen MR) is 67.5 cm³/mol. The summed E-state index contributed by atoms with van der Waals surface area (Å²) < 4.78 is 0. The van der Waals surface area contributed by atoms with Crippen LogP contribution in [-0.2, 0) is 0 Å². The molecule has 2 atom stereocenters. The van der Waals surface area contributed by atoms with Crippen molar-refractivity contribution in [3.63, 3.8) is 0 Å². The molecule has 1 saturated heterocycles. The van der Waals surface area contributed by atoms with Crippen molar-refractivity contribution in [2.45, 2.75) is 38.5 Å². The minimum absolute atomic E-state index is 1.02. The number of nitrogens with zero attached hydrogens (tertiary/aromatic N) is 1. The first-order valence-corrected chi connectivity index (χ1v) is 7.35. The summed E-state index contributed by atoms with van der Waals surface area (Å²) >= 11 is 0. The van der Waals surface area contributed by atoms with E-state index in [1.54, 1.807) is 6.42 Å². The Labute approximate surface area is 99.8 Å². The van der Waals surface area contributed by atoms with E-state index in [9.17, 15) is 0 Å². The molecule has 2 nitrogen and oxygen atoms in total. The molecule has 0 bridgehead atoms. The highest BCUT2D eigenvalue weighted by atomic mass is 15.1. The Hall–Kier alpha value is -0.0800. The molecule has 0 amide bonds. The molecule has 1 heterocycles. The molecule has 92 valence electrons. The van der Waals surface area contributed by atoms with Crippen molar-refractivity contribution in [1.82, 2.24) is 10.2 Å². The van der Waals surface area contributed by atoms with Gasteiger partial charge in [0.25, 0.3) is 0 Å². The van der Waals surface area contributed by atoms with Crippen LogP contribution in [0.25, 0.3) is 0 Å². The number of rotatable bonds is 6. The van der Waals surface area contributed by atoms with Crippen LogP contribution in [0.4, 0.5) is 0 Å². The Kier molecular flexibility index (Phi) is 3.49. The van der Waals surface area contributed by atoms with Crippen molar-refractivity contribution in [1.29, 1.82) is 0 Å². The van der Waals surface area contributed by atoms with Crippen LogP contribution in [0, 0.1) is 17.8 Å². The van der Waals surface area contributed by atoms with E-state index in [-0.39, 0.29) is 0 Å². The zero-order valence-electron chi connectivity index (χ0n) is 10.5. The smallest absolute Gasteiger partial charge is 0.000664 e. The number of fused-ring (bicyclic) bond motifs is 1. The summed E-state index contributed by atoms with van der Waals surface area (Å²) in [5.74, 6) is 3.32. The molecule has 1 N–H and O–H groups in total. The molecule has 3 rings (SSSR count). The second-order valence-corrected chi connectivity index (χ2v) is 6.20. The molecule has 3 aliphatic rings. The number of hydrogen-bond donors (Lipinski definition) is 1. The van der Waals surface area contributed by atoms with Gasteiger partial charge in [0.05, 0.1) is 0 Å². The van der Waals surface area contributed by atoms with Gasteiger partial charge < -0.3 is 10.2 Å². The maximum atomic E-state index is 3.67. The Morgan fingerprint density at radius 1 is 1.00 bits per heavy atom. The molecule has 0 aromatic heterocycles. The third kappa shape index (κ3) is 2.78. The van der Waals surface area contributed by atoms with E-state index in [0.29, 0.717) is 0 Å². The quantitative estimate of drug-likeness (QED) is 0.692. The summed E-state index contributed by atoms with van der Waals surface area (Å²) in [6.07, 6.45) is 8.83. The minimum Gasteiger partial charge on any atom is -0.316 e. The van der Waals surface area contributed by atoms with Crippen LogP contribution in [0.15, 0.2) is 0 Å². The molecule has 2 unspecified atom stereocenters. The molecule has 16 heavy (non-hydrogen) atoms. The maximum Gasteiger partial charge on any atom is -0.000664 e. The third-order valence-corrected chi connectivity index (χ3v) is 4.80. The van der Waals surface area contributed by atoms with Gasteiger partial charge in [-0.3, -0.25) is 0 Å². The van der Waals surface area contributed by atoms with Crippen molar-refractivity contribution in [3.8, 4) is 0 Å². The highest BCUT2D eigenvalue weighted by Crippen LogP contribution is 2.54. The molecule has 0 spiro atoms. The summed E-state index contributed by atoms with van der Waals surface area (Å²) in [4.78, 5) is 2.62. The van der Waals surface area contributed by atoms with E-state index in [1.807, 2.05) is 0 Å². The Balaban J connectivity index is 1.19. The minimum atomic E-state index is 1.02. The molecule has 3 fully saturated rings. The van der Waals surface area contributed by atoms with Crippen LogP contribution < -0.4 is 5.32 Å². The van der Waals surface area contributed by atoms with E-state index in [4.69, 9.17) is 0 Å². The van der Waals surface area contributed by atoms with Crippen molar-refractivity contribution in [2.24, 2.45) is 17.8 Å². The normalized spacial score (nSPS) is 37.9. The van der Waals surface area contributed by atoms with Crippen LogP contribution in [0.5, 0.6) is 0 Å². The van der Waals surface area contributed by atoms with Crippen molar-refractivity contribution < 1.29 is 0 Å². The van der Waals surface area contributed by atoms with Gasteiger partial charge in [0.1, 0.15) is 0 Å². The lowest BCUT2D eigenvalue weighted by molar-refractivity contribution is 0.328. The van der Waals surface area contributed by atoms with E-state index < -0.39 is 0 Å². The van der Waals surface area contributed by atoms with Crippen LogP contribution in [-0.4, -0.2) is 37.6 Å². The standard InChI is InChI=1S/C14H26N2/c1-2-6-16(5-1)7-3-4-15-11-12-8-13-10-14(13)9-12/h12-15H,1-11H2. The van der Waals surface area contributed by atoms with Gasteiger partial charge in [-0.05, 0) is 89.0 Å². The highest BCUT2D eigenvalue weighted by Gasteiger charge is 2.45. The molecule has 0 aromatic rings. The fourth-order valence-electron chi connectivity index (χ4n) is 3.75. The molecular weight excluding hydrogens is 196 g/mol. The first-order chi connectivity index (χ1) is 7.92. The van der Waals surface area contributed by atoms with Crippen LogP contribution in [0.3, 0.4) is 0 Å².